The minimum Gasteiger partial charge on any atom is -0.395 e. The topological polar surface area (TPSA) is 115 Å². The highest BCUT2D eigenvalue weighted by molar-refractivity contribution is 5.80. The summed E-state index contributed by atoms with van der Waals surface area (Å²) in [7, 11) is 0. The molecule has 1 amide bonds. The van der Waals surface area contributed by atoms with E-state index in [0.29, 0.717) is 19.6 Å². The van der Waals surface area contributed by atoms with E-state index >= 15 is 0 Å². The van der Waals surface area contributed by atoms with Crippen LogP contribution in [-0.4, -0.2) is 37.3 Å². The van der Waals surface area contributed by atoms with Gasteiger partial charge in [0.15, 0.2) is 0 Å². The van der Waals surface area contributed by atoms with Gasteiger partial charge in [0.2, 0.25) is 5.91 Å². The number of hydrogen-bond acceptors (Lipinski definition) is 6. The molecule has 0 unspecified atom stereocenters. The van der Waals surface area contributed by atoms with Crippen molar-refractivity contribution in [1.82, 2.24) is 19.4 Å². The fourth-order valence-corrected chi connectivity index (χ4v) is 3.85. The molecule has 3 aromatic rings. The van der Waals surface area contributed by atoms with Crippen LogP contribution in [0.5, 0.6) is 0 Å². The summed E-state index contributed by atoms with van der Waals surface area (Å²) < 4.78 is 7.97. The number of fused-ring (bicyclic) bond motifs is 2. The van der Waals surface area contributed by atoms with Gasteiger partial charge in [0.1, 0.15) is 12.2 Å². The van der Waals surface area contributed by atoms with E-state index in [4.69, 9.17) is 4.74 Å². The molecule has 0 bridgehead atoms. The summed E-state index contributed by atoms with van der Waals surface area (Å²) in [4.78, 5) is 43.3. The number of benzene rings is 1. The molecule has 0 atom stereocenters. The van der Waals surface area contributed by atoms with Crippen LogP contribution in [0.3, 0.4) is 0 Å². The third kappa shape index (κ3) is 4.35. The first-order valence-corrected chi connectivity index (χ1v) is 10.5. The molecule has 2 aromatic heterocycles. The minimum absolute atomic E-state index is 0.167. The van der Waals surface area contributed by atoms with Crippen molar-refractivity contribution in [3.8, 4) is 0 Å². The number of nitrogens with one attached hydrogen (secondary N) is 1. The molecule has 0 radical (unpaired) electrons. The highest BCUT2D eigenvalue weighted by atomic mass is 16.5. The summed E-state index contributed by atoms with van der Waals surface area (Å²) in [5.41, 5.74) is 0.982. The number of carbonyl (C=O) groups is 1. The summed E-state index contributed by atoms with van der Waals surface area (Å²) in [5.74, 6) is -0.380. The number of aromatic nitrogens is 3. The summed E-state index contributed by atoms with van der Waals surface area (Å²) in [6, 6.07) is 11.1. The fraction of sp³-hybridized carbons (Fsp3) is 0.391. The Hall–Kier alpha value is -3.30. The number of carbonyl (C=O) groups excluding carboxylic acids is 1. The lowest BCUT2D eigenvalue weighted by atomic mass is 9.95. The molecule has 4 rings (SSSR count). The molecule has 1 aromatic carbocycles. The highest BCUT2D eigenvalue weighted by Crippen LogP contribution is 2.27. The SMILES string of the molecule is CC1(C)Cc2nc3c(cc2CO1)c(=O)n(CCO)c(=O)n3CC(=O)NCc1ccccc1. The Balaban J connectivity index is 1.76. The van der Waals surface area contributed by atoms with E-state index in [1.807, 2.05) is 44.2 Å². The van der Waals surface area contributed by atoms with Crippen molar-refractivity contribution in [1.29, 1.82) is 0 Å². The van der Waals surface area contributed by atoms with E-state index < -0.39 is 16.9 Å². The maximum absolute atomic E-state index is 13.1. The number of aliphatic hydroxyl groups is 1. The number of pyridine rings is 1. The van der Waals surface area contributed by atoms with Gasteiger partial charge in [-0.1, -0.05) is 30.3 Å². The van der Waals surface area contributed by atoms with Gasteiger partial charge in [-0.2, -0.15) is 0 Å². The zero-order valence-corrected chi connectivity index (χ0v) is 18.1. The second-order valence-corrected chi connectivity index (χ2v) is 8.50. The van der Waals surface area contributed by atoms with Crippen molar-refractivity contribution in [2.24, 2.45) is 0 Å². The number of nitrogens with zero attached hydrogens (tertiary/aromatic N) is 3. The molecule has 0 aliphatic carbocycles. The molecule has 168 valence electrons. The van der Waals surface area contributed by atoms with E-state index in [1.165, 1.54) is 4.57 Å². The molecular weight excluding hydrogens is 412 g/mol. The minimum atomic E-state index is -0.676. The van der Waals surface area contributed by atoms with E-state index in [0.717, 1.165) is 21.4 Å². The van der Waals surface area contributed by atoms with Crippen molar-refractivity contribution in [2.75, 3.05) is 6.61 Å². The number of aliphatic hydroxyl groups excluding tert-OH is 1. The van der Waals surface area contributed by atoms with Crippen molar-refractivity contribution >= 4 is 16.9 Å². The molecule has 9 nitrogen and oxygen atoms in total. The largest absolute Gasteiger partial charge is 0.395 e. The number of ether oxygens (including phenoxy) is 1. The molecule has 2 N–H and O–H groups in total. The van der Waals surface area contributed by atoms with Gasteiger partial charge in [-0.15, -0.1) is 0 Å². The van der Waals surface area contributed by atoms with Gasteiger partial charge < -0.3 is 15.2 Å². The zero-order chi connectivity index (χ0) is 22.9. The molecule has 0 saturated carbocycles. The predicted molar refractivity (Wildman–Crippen MR) is 118 cm³/mol. The lowest BCUT2D eigenvalue weighted by Crippen LogP contribution is -2.44. The van der Waals surface area contributed by atoms with Crippen LogP contribution in [-0.2, 0) is 42.2 Å². The van der Waals surface area contributed by atoms with Crippen LogP contribution in [0.25, 0.3) is 11.0 Å². The van der Waals surface area contributed by atoms with Gasteiger partial charge in [0.05, 0.1) is 36.4 Å². The summed E-state index contributed by atoms with van der Waals surface area (Å²) >= 11 is 0. The van der Waals surface area contributed by atoms with Crippen LogP contribution in [0, 0.1) is 0 Å². The third-order valence-corrected chi connectivity index (χ3v) is 5.53. The molecule has 9 heteroatoms. The molecule has 0 saturated heterocycles. The maximum atomic E-state index is 13.1. The Morgan fingerprint density at radius 1 is 1.22 bits per heavy atom. The van der Waals surface area contributed by atoms with Crippen LogP contribution in [0.15, 0.2) is 46.0 Å². The Morgan fingerprint density at radius 3 is 2.69 bits per heavy atom. The second-order valence-electron chi connectivity index (χ2n) is 8.50. The standard InChI is InChI=1S/C23H26N4O5/c1-23(2)11-18-16(14-32-23)10-17-20(25-18)27(22(31)26(8-9-28)21(17)30)13-19(29)24-12-15-6-4-3-5-7-15/h3-7,10,28H,8-9,11-14H2,1-2H3,(H,24,29). The average Bonchev–Trinajstić information content (AvgIpc) is 2.77. The average molecular weight is 438 g/mol. The van der Waals surface area contributed by atoms with E-state index in [9.17, 15) is 19.5 Å². The van der Waals surface area contributed by atoms with Crippen LogP contribution in [0.1, 0.15) is 30.7 Å². The smallest absolute Gasteiger partial charge is 0.333 e. The van der Waals surface area contributed by atoms with Crippen molar-refractivity contribution < 1.29 is 14.6 Å². The normalized spacial score (nSPS) is 14.8. The zero-order valence-electron chi connectivity index (χ0n) is 18.1. The van der Waals surface area contributed by atoms with Crippen molar-refractivity contribution in [2.45, 2.75) is 52.1 Å². The first-order chi connectivity index (χ1) is 15.3. The van der Waals surface area contributed by atoms with Crippen molar-refractivity contribution in [3.63, 3.8) is 0 Å². The summed E-state index contributed by atoms with van der Waals surface area (Å²) in [6.45, 7) is 3.69. The Kier molecular flexibility index (Phi) is 5.94. The maximum Gasteiger partial charge on any atom is 0.333 e. The molecule has 32 heavy (non-hydrogen) atoms. The van der Waals surface area contributed by atoms with Gasteiger partial charge in [-0.05, 0) is 25.5 Å². The quantitative estimate of drug-likeness (QED) is 0.586. The van der Waals surface area contributed by atoms with Crippen LogP contribution in [0.2, 0.25) is 0 Å². The highest BCUT2D eigenvalue weighted by Gasteiger charge is 2.29. The van der Waals surface area contributed by atoms with E-state index in [-0.39, 0.29) is 36.6 Å². The predicted octanol–water partition coefficient (Wildman–Crippen LogP) is 0.718. The number of rotatable bonds is 6. The lowest BCUT2D eigenvalue weighted by molar-refractivity contribution is -0.121. The molecule has 1 aliphatic heterocycles. The molecule has 0 fully saturated rings. The Morgan fingerprint density at radius 2 is 1.97 bits per heavy atom. The van der Waals surface area contributed by atoms with Gasteiger partial charge >= 0.3 is 5.69 Å². The van der Waals surface area contributed by atoms with Gasteiger partial charge in [-0.25, -0.2) is 9.78 Å². The third-order valence-electron chi connectivity index (χ3n) is 5.53. The summed E-state index contributed by atoms with van der Waals surface area (Å²) in [6.07, 6.45) is 0.520. The number of amides is 1. The number of hydrogen-bond donors (Lipinski definition) is 2. The first kappa shape index (κ1) is 21.9. The van der Waals surface area contributed by atoms with Crippen LogP contribution in [0.4, 0.5) is 0 Å². The van der Waals surface area contributed by atoms with Crippen molar-refractivity contribution in [3.05, 3.63) is 74.1 Å². The Labute approximate surface area is 184 Å². The second kappa shape index (κ2) is 8.68. The van der Waals surface area contributed by atoms with Crippen LogP contribution < -0.4 is 16.6 Å². The lowest BCUT2D eigenvalue weighted by Gasteiger charge is -2.31. The monoisotopic (exact) mass is 438 g/mol. The molecule has 1 aliphatic rings. The molecule has 3 heterocycles. The van der Waals surface area contributed by atoms with Gasteiger partial charge in [0, 0.05) is 18.5 Å². The van der Waals surface area contributed by atoms with Crippen LogP contribution >= 0.6 is 0 Å². The van der Waals surface area contributed by atoms with Gasteiger partial charge in [-0.3, -0.25) is 18.7 Å². The first-order valence-electron chi connectivity index (χ1n) is 10.5. The fourth-order valence-electron chi connectivity index (χ4n) is 3.85. The molecular formula is C23H26N4O5. The van der Waals surface area contributed by atoms with E-state index in [1.54, 1.807) is 6.07 Å². The molecule has 0 spiro atoms. The van der Waals surface area contributed by atoms with Gasteiger partial charge in [0.25, 0.3) is 5.56 Å². The Bertz CT molecular complexity index is 1280. The summed E-state index contributed by atoms with van der Waals surface area (Å²) in [5, 5.41) is 12.4. The van der Waals surface area contributed by atoms with E-state index in [2.05, 4.69) is 10.3 Å².